The molecule has 3 aromatic rings. The number of hydrogen-bond acceptors (Lipinski definition) is 4. The lowest BCUT2D eigenvalue weighted by atomic mass is 10.1. The summed E-state index contributed by atoms with van der Waals surface area (Å²) in [6, 6.07) is 11.3. The SMILES string of the molecule is Cn1c(=O)c(C(=O)Nc2ccccc2C(N)=O)cc2cccnc21. The van der Waals surface area contributed by atoms with E-state index in [0.717, 1.165) is 0 Å². The van der Waals surface area contributed by atoms with Gasteiger partial charge in [-0.15, -0.1) is 0 Å². The van der Waals surface area contributed by atoms with Gasteiger partial charge < -0.3 is 11.1 Å². The molecule has 3 N–H and O–H groups in total. The minimum absolute atomic E-state index is 0.0442. The standard InChI is InChI=1S/C17H14N4O3/c1-21-15-10(5-4-8-19-15)9-12(17(21)24)16(23)20-13-7-3-2-6-11(13)14(18)22/h2-9H,1H3,(H2,18,22)(H,20,23). The Morgan fingerprint density at radius 2 is 1.88 bits per heavy atom. The monoisotopic (exact) mass is 322 g/mol. The molecular weight excluding hydrogens is 308 g/mol. The van der Waals surface area contributed by atoms with Crippen LogP contribution in [0.5, 0.6) is 0 Å². The van der Waals surface area contributed by atoms with Gasteiger partial charge in [0.15, 0.2) is 0 Å². The molecule has 120 valence electrons. The van der Waals surface area contributed by atoms with Crippen LogP contribution in [0, 0.1) is 0 Å². The Hall–Kier alpha value is -3.48. The first-order chi connectivity index (χ1) is 11.5. The number of nitrogens with zero attached hydrogens (tertiary/aromatic N) is 2. The van der Waals surface area contributed by atoms with E-state index in [1.165, 1.54) is 16.7 Å². The van der Waals surface area contributed by atoms with E-state index < -0.39 is 17.4 Å². The molecule has 0 aliphatic carbocycles. The van der Waals surface area contributed by atoms with Crippen LogP contribution in [0.3, 0.4) is 0 Å². The normalized spacial score (nSPS) is 10.5. The number of rotatable bonds is 3. The van der Waals surface area contributed by atoms with Gasteiger partial charge in [0.05, 0.1) is 11.3 Å². The van der Waals surface area contributed by atoms with Crippen LogP contribution in [-0.2, 0) is 7.05 Å². The van der Waals surface area contributed by atoms with Crippen molar-refractivity contribution in [1.29, 1.82) is 0 Å². The minimum Gasteiger partial charge on any atom is -0.366 e. The van der Waals surface area contributed by atoms with E-state index in [1.807, 2.05) is 0 Å². The number of aromatic nitrogens is 2. The highest BCUT2D eigenvalue weighted by Crippen LogP contribution is 2.16. The number of aryl methyl sites for hydroxylation is 1. The Morgan fingerprint density at radius 1 is 1.12 bits per heavy atom. The Morgan fingerprint density at radius 3 is 2.62 bits per heavy atom. The maximum atomic E-state index is 12.5. The second-order valence-electron chi connectivity index (χ2n) is 5.20. The molecule has 7 nitrogen and oxygen atoms in total. The molecule has 24 heavy (non-hydrogen) atoms. The molecule has 0 saturated carbocycles. The van der Waals surface area contributed by atoms with Gasteiger partial charge in [0.1, 0.15) is 11.2 Å². The summed E-state index contributed by atoms with van der Waals surface area (Å²) >= 11 is 0. The van der Waals surface area contributed by atoms with Gasteiger partial charge in [-0.2, -0.15) is 0 Å². The van der Waals surface area contributed by atoms with Crippen molar-refractivity contribution in [3.63, 3.8) is 0 Å². The molecule has 0 radical (unpaired) electrons. The number of fused-ring (bicyclic) bond motifs is 1. The quantitative estimate of drug-likeness (QED) is 0.757. The summed E-state index contributed by atoms with van der Waals surface area (Å²) in [5, 5.41) is 3.23. The first kappa shape index (κ1) is 15.4. The van der Waals surface area contributed by atoms with Crippen LogP contribution in [0.25, 0.3) is 11.0 Å². The van der Waals surface area contributed by atoms with Crippen molar-refractivity contribution in [2.45, 2.75) is 0 Å². The fourth-order valence-corrected chi connectivity index (χ4v) is 2.46. The van der Waals surface area contributed by atoms with Gasteiger partial charge in [0, 0.05) is 18.6 Å². The van der Waals surface area contributed by atoms with Gasteiger partial charge in [-0.1, -0.05) is 12.1 Å². The fraction of sp³-hybridized carbons (Fsp3) is 0.0588. The van der Waals surface area contributed by atoms with Crippen LogP contribution >= 0.6 is 0 Å². The molecule has 0 spiro atoms. The van der Waals surface area contributed by atoms with Crippen molar-refractivity contribution in [1.82, 2.24) is 9.55 Å². The van der Waals surface area contributed by atoms with E-state index in [-0.39, 0.29) is 16.8 Å². The maximum absolute atomic E-state index is 12.5. The average molecular weight is 322 g/mol. The Labute approximate surface area is 136 Å². The molecule has 0 atom stereocenters. The first-order valence-corrected chi connectivity index (χ1v) is 7.14. The number of hydrogen-bond donors (Lipinski definition) is 2. The predicted octanol–water partition coefficient (Wildman–Crippen LogP) is 1.28. The van der Waals surface area contributed by atoms with E-state index in [0.29, 0.717) is 11.0 Å². The largest absolute Gasteiger partial charge is 0.366 e. The van der Waals surface area contributed by atoms with Gasteiger partial charge >= 0.3 is 0 Å². The van der Waals surface area contributed by atoms with Crippen LogP contribution in [0.1, 0.15) is 20.7 Å². The van der Waals surface area contributed by atoms with Crippen molar-refractivity contribution in [3.8, 4) is 0 Å². The van der Waals surface area contributed by atoms with Crippen molar-refractivity contribution in [2.24, 2.45) is 12.8 Å². The lowest BCUT2D eigenvalue weighted by molar-refractivity contribution is 0.100. The van der Waals surface area contributed by atoms with Crippen molar-refractivity contribution >= 4 is 28.5 Å². The van der Waals surface area contributed by atoms with Crippen LogP contribution in [-0.4, -0.2) is 21.4 Å². The molecule has 0 saturated heterocycles. The second kappa shape index (κ2) is 5.96. The summed E-state index contributed by atoms with van der Waals surface area (Å²) in [7, 11) is 1.55. The number of nitrogens with one attached hydrogen (secondary N) is 1. The van der Waals surface area contributed by atoms with E-state index in [1.54, 1.807) is 43.6 Å². The van der Waals surface area contributed by atoms with Gasteiger partial charge in [-0.3, -0.25) is 19.0 Å². The molecule has 0 aliphatic rings. The third kappa shape index (κ3) is 2.63. The number of anilines is 1. The molecule has 2 heterocycles. The van der Waals surface area contributed by atoms with Crippen LogP contribution < -0.4 is 16.6 Å². The number of primary amides is 1. The van der Waals surface area contributed by atoms with Gasteiger partial charge in [0.2, 0.25) is 0 Å². The van der Waals surface area contributed by atoms with E-state index >= 15 is 0 Å². The highest BCUT2D eigenvalue weighted by molar-refractivity contribution is 6.09. The number of carbonyl (C=O) groups is 2. The van der Waals surface area contributed by atoms with Gasteiger partial charge in [-0.05, 0) is 30.3 Å². The van der Waals surface area contributed by atoms with E-state index in [4.69, 9.17) is 5.73 Å². The molecule has 0 fully saturated rings. The van der Waals surface area contributed by atoms with Gasteiger partial charge in [0.25, 0.3) is 17.4 Å². The molecule has 7 heteroatoms. The fourth-order valence-electron chi connectivity index (χ4n) is 2.46. The van der Waals surface area contributed by atoms with Crippen molar-refractivity contribution < 1.29 is 9.59 Å². The Kier molecular flexibility index (Phi) is 3.83. The summed E-state index contributed by atoms with van der Waals surface area (Å²) in [5.41, 5.74) is 5.68. The van der Waals surface area contributed by atoms with Gasteiger partial charge in [-0.25, -0.2) is 4.98 Å². The number of benzene rings is 1. The molecule has 0 unspecified atom stereocenters. The van der Waals surface area contributed by atoms with E-state index in [9.17, 15) is 14.4 Å². The average Bonchev–Trinajstić information content (AvgIpc) is 2.58. The highest BCUT2D eigenvalue weighted by Gasteiger charge is 2.17. The highest BCUT2D eigenvalue weighted by atomic mass is 16.2. The number of amides is 2. The summed E-state index contributed by atoms with van der Waals surface area (Å²) in [6.07, 6.45) is 1.57. The molecular formula is C17H14N4O3. The summed E-state index contributed by atoms with van der Waals surface area (Å²) in [4.78, 5) is 40.5. The van der Waals surface area contributed by atoms with Crippen molar-refractivity contribution in [2.75, 3.05) is 5.32 Å². The number of nitrogens with two attached hydrogens (primary N) is 1. The molecule has 2 amide bonds. The molecule has 2 aromatic heterocycles. The zero-order chi connectivity index (χ0) is 17.3. The number of carbonyl (C=O) groups excluding carboxylic acids is 2. The van der Waals surface area contributed by atoms with Crippen LogP contribution in [0.15, 0.2) is 53.5 Å². The summed E-state index contributed by atoms with van der Waals surface area (Å²) in [6.45, 7) is 0. The first-order valence-electron chi connectivity index (χ1n) is 7.14. The molecule has 0 aliphatic heterocycles. The summed E-state index contributed by atoms with van der Waals surface area (Å²) in [5.74, 6) is -1.28. The zero-order valence-electron chi connectivity index (χ0n) is 12.8. The third-order valence-corrected chi connectivity index (χ3v) is 3.65. The Balaban J connectivity index is 2.06. The smallest absolute Gasteiger partial charge is 0.264 e. The molecule has 0 bridgehead atoms. The van der Waals surface area contributed by atoms with Crippen LogP contribution in [0.4, 0.5) is 5.69 Å². The van der Waals surface area contributed by atoms with Crippen molar-refractivity contribution in [3.05, 3.63) is 70.1 Å². The zero-order valence-corrected chi connectivity index (χ0v) is 12.8. The van der Waals surface area contributed by atoms with E-state index in [2.05, 4.69) is 10.3 Å². The number of pyridine rings is 2. The Bertz CT molecular complexity index is 1020. The topological polar surface area (TPSA) is 107 Å². The summed E-state index contributed by atoms with van der Waals surface area (Å²) < 4.78 is 1.31. The second-order valence-corrected chi connectivity index (χ2v) is 5.20. The number of para-hydroxylation sites is 1. The third-order valence-electron chi connectivity index (χ3n) is 3.65. The molecule has 1 aromatic carbocycles. The minimum atomic E-state index is -0.665. The predicted molar refractivity (Wildman–Crippen MR) is 89.9 cm³/mol. The molecule has 3 rings (SSSR count). The lowest BCUT2D eigenvalue weighted by Gasteiger charge is -2.10. The lowest BCUT2D eigenvalue weighted by Crippen LogP contribution is -2.28. The maximum Gasteiger partial charge on any atom is 0.264 e. The van der Waals surface area contributed by atoms with Crippen LogP contribution in [0.2, 0.25) is 0 Å².